The lowest BCUT2D eigenvalue weighted by Gasteiger charge is -2.31. The highest BCUT2D eigenvalue weighted by molar-refractivity contribution is 5.99. The number of nitrogens with one attached hydrogen (secondary N) is 1. The van der Waals surface area contributed by atoms with Gasteiger partial charge in [0, 0.05) is 13.1 Å². The molecule has 1 unspecified atom stereocenters. The third-order valence-electron chi connectivity index (χ3n) is 3.84. The van der Waals surface area contributed by atoms with Crippen molar-refractivity contribution in [2.45, 2.75) is 19.8 Å². The van der Waals surface area contributed by atoms with Crippen molar-refractivity contribution in [1.82, 2.24) is 5.32 Å². The second-order valence-corrected chi connectivity index (χ2v) is 5.25. The van der Waals surface area contributed by atoms with Gasteiger partial charge in [0.05, 0.1) is 11.3 Å². The van der Waals surface area contributed by atoms with Gasteiger partial charge < -0.3 is 16.0 Å². The van der Waals surface area contributed by atoms with Crippen molar-refractivity contribution >= 4 is 11.6 Å². The second kappa shape index (κ2) is 6.70. The lowest BCUT2D eigenvalue weighted by molar-refractivity contribution is 0.0997. The standard InChI is InChI=1S/C15H22FN3O/c1-2-19(10-11-5-4-8-18-9-11)13-7-3-6-12(16)14(13)15(17)20/h3,6-7,11,18H,2,4-5,8-10H2,1H3,(H2,17,20). The van der Waals surface area contributed by atoms with Gasteiger partial charge in [-0.25, -0.2) is 4.39 Å². The van der Waals surface area contributed by atoms with Gasteiger partial charge in [0.15, 0.2) is 0 Å². The fourth-order valence-electron chi connectivity index (χ4n) is 2.81. The first-order valence-corrected chi connectivity index (χ1v) is 7.17. The minimum atomic E-state index is -0.710. The van der Waals surface area contributed by atoms with Crippen LogP contribution < -0.4 is 16.0 Å². The number of primary amides is 1. The third-order valence-corrected chi connectivity index (χ3v) is 3.84. The molecule has 1 aliphatic rings. The lowest BCUT2D eigenvalue weighted by atomic mass is 9.98. The van der Waals surface area contributed by atoms with E-state index in [0.29, 0.717) is 11.6 Å². The van der Waals surface area contributed by atoms with Crippen molar-refractivity contribution in [1.29, 1.82) is 0 Å². The summed E-state index contributed by atoms with van der Waals surface area (Å²) in [6.07, 6.45) is 2.32. The summed E-state index contributed by atoms with van der Waals surface area (Å²) >= 11 is 0. The molecule has 0 radical (unpaired) electrons. The highest BCUT2D eigenvalue weighted by Crippen LogP contribution is 2.25. The number of carbonyl (C=O) groups excluding carboxylic acids is 1. The molecule has 3 N–H and O–H groups in total. The van der Waals surface area contributed by atoms with Crippen LogP contribution in [0.3, 0.4) is 0 Å². The first-order valence-electron chi connectivity index (χ1n) is 7.17. The molecule has 0 spiro atoms. The Kier molecular flexibility index (Phi) is 4.95. The number of rotatable bonds is 5. The minimum absolute atomic E-state index is 0.00174. The molecule has 1 aromatic rings. The Morgan fingerprint density at radius 2 is 2.35 bits per heavy atom. The van der Waals surface area contributed by atoms with Gasteiger partial charge in [0.2, 0.25) is 0 Å². The van der Waals surface area contributed by atoms with Crippen LogP contribution in [0.25, 0.3) is 0 Å². The lowest BCUT2D eigenvalue weighted by Crippen LogP contribution is -2.39. The van der Waals surface area contributed by atoms with Gasteiger partial charge in [0.1, 0.15) is 5.82 Å². The van der Waals surface area contributed by atoms with Gasteiger partial charge in [-0.15, -0.1) is 0 Å². The fraction of sp³-hybridized carbons (Fsp3) is 0.533. The largest absolute Gasteiger partial charge is 0.371 e. The maximum Gasteiger partial charge on any atom is 0.253 e. The average molecular weight is 279 g/mol. The first kappa shape index (κ1) is 14.8. The molecular weight excluding hydrogens is 257 g/mol. The van der Waals surface area contributed by atoms with Gasteiger partial charge >= 0.3 is 0 Å². The zero-order chi connectivity index (χ0) is 14.5. The molecule has 4 nitrogen and oxygen atoms in total. The molecule has 0 aromatic heterocycles. The van der Waals surface area contributed by atoms with Crippen molar-refractivity contribution in [2.75, 3.05) is 31.1 Å². The Balaban J connectivity index is 2.22. The monoisotopic (exact) mass is 279 g/mol. The van der Waals surface area contributed by atoms with Gasteiger partial charge in [0.25, 0.3) is 5.91 Å². The van der Waals surface area contributed by atoms with Crippen LogP contribution in [0.1, 0.15) is 30.1 Å². The Bertz CT molecular complexity index is 472. The number of nitrogens with zero attached hydrogens (tertiary/aromatic N) is 1. The predicted octanol–water partition coefficient (Wildman–Crippen LogP) is 1.75. The zero-order valence-electron chi connectivity index (χ0n) is 11.9. The van der Waals surface area contributed by atoms with E-state index in [9.17, 15) is 9.18 Å². The van der Waals surface area contributed by atoms with Crippen molar-refractivity contribution in [3.8, 4) is 0 Å². The zero-order valence-corrected chi connectivity index (χ0v) is 11.9. The normalized spacial score (nSPS) is 18.8. The quantitative estimate of drug-likeness (QED) is 0.863. The molecule has 110 valence electrons. The van der Waals surface area contributed by atoms with E-state index in [-0.39, 0.29) is 5.56 Å². The minimum Gasteiger partial charge on any atom is -0.371 e. The van der Waals surface area contributed by atoms with E-state index in [2.05, 4.69) is 5.32 Å². The Hall–Kier alpha value is -1.62. The summed E-state index contributed by atoms with van der Waals surface area (Å²) in [5.41, 5.74) is 5.92. The number of halogens is 1. The van der Waals surface area contributed by atoms with E-state index in [1.54, 1.807) is 12.1 Å². The molecule has 1 saturated heterocycles. The molecule has 2 rings (SSSR count). The number of nitrogens with two attached hydrogens (primary N) is 1. The Morgan fingerprint density at radius 3 is 2.95 bits per heavy atom. The number of amides is 1. The summed E-state index contributed by atoms with van der Waals surface area (Å²) in [6.45, 7) is 5.58. The average Bonchev–Trinajstić information content (AvgIpc) is 2.45. The number of anilines is 1. The maximum atomic E-state index is 13.8. The van der Waals surface area contributed by atoms with Crippen LogP contribution >= 0.6 is 0 Å². The van der Waals surface area contributed by atoms with Crippen LogP contribution in [0.2, 0.25) is 0 Å². The number of hydrogen-bond acceptors (Lipinski definition) is 3. The van der Waals surface area contributed by atoms with Gasteiger partial charge in [-0.1, -0.05) is 6.07 Å². The van der Waals surface area contributed by atoms with Gasteiger partial charge in [-0.3, -0.25) is 4.79 Å². The van der Waals surface area contributed by atoms with Crippen LogP contribution in [0.4, 0.5) is 10.1 Å². The topological polar surface area (TPSA) is 58.4 Å². The number of benzene rings is 1. The molecule has 1 heterocycles. The van der Waals surface area contributed by atoms with Gasteiger partial charge in [-0.2, -0.15) is 0 Å². The molecular formula is C15H22FN3O. The van der Waals surface area contributed by atoms with Crippen LogP contribution in [0.15, 0.2) is 18.2 Å². The summed E-state index contributed by atoms with van der Waals surface area (Å²) in [7, 11) is 0. The van der Waals surface area contributed by atoms with E-state index in [0.717, 1.165) is 39.0 Å². The summed E-state index contributed by atoms with van der Waals surface area (Å²) < 4.78 is 13.8. The second-order valence-electron chi connectivity index (χ2n) is 5.25. The third kappa shape index (κ3) is 3.28. The number of hydrogen-bond donors (Lipinski definition) is 2. The molecule has 1 aromatic carbocycles. The maximum absolute atomic E-state index is 13.8. The van der Waals surface area contributed by atoms with Crippen molar-refractivity contribution in [3.63, 3.8) is 0 Å². The highest BCUT2D eigenvalue weighted by Gasteiger charge is 2.21. The van der Waals surface area contributed by atoms with E-state index in [1.165, 1.54) is 6.07 Å². The molecule has 1 amide bonds. The van der Waals surface area contributed by atoms with Crippen molar-refractivity contribution in [2.24, 2.45) is 11.7 Å². The molecule has 20 heavy (non-hydrogen) atoms. The number of carbonyl (C=O) groups is 1. The van der Waals surface area contributed by atoms with Crippen LogP contribution in [-0.4, -0.2) is 32.1 Å². The van der Waals surface area contributed by atoms with Crippen molar-refractivity contribution < 1.29 is 9.18 Å². The molecule has 0 aliphatic carbocycles. The van der Waals surface area contributed by atoms with E-state index in [1.807, 2.05) is 11.8 Å². The van der Waals surface area contributed by atoms with E-state index in [4.69, 9.17) is 5.73 Å². The molecule has 5 heteroatoms. The van der Waals surface area contributed by atoms with Crippen LogP contribution in [-0.2, 0) is 0 Å². The summed E-state index contributed by atoms with van der Waals surface area (Å²) in [6, 6.07) is 4.67. The van der Waals surface area contributed by atoms with Crippen LogP contribution in [0, 0.1) is 11.7 Å². The molecule has 0 bridgehead atoms. The van der Waals surface area contributed by atoms with Crippen LogP contribution in [0.5, 0.6) is 0 Å². The molecule has 1 fully saturated rings. The summed E-state index contributed by atoms with van der Waals surface area (Å²) in [4.78, 5) is 13.5. The van der Waals surface area contributed by atoms with Gasteiger partial charge in [-0.05, 0) is 50.9 Å². The highest BCUT2D eigenvalue weighted by atomic mass is 19.1. The molecule has 0 saturated carbocycles. The SMILES string of the molecule is CCN(CC1CCCNC1)c1cccc(F)c1C(N)=O. The number of piperidine rings is 1. The first-order chi connectivity index (χ1) is 9.63. The molecule has 1 atom stereocenters. The summed E-state index contributed by atoms with van der Waals surface area (Å²) in [5, 5.41) is 3.37. The van der Waals surface area contributed by atoms with Crippen molar-refractivity contribution in [3.05, 3.63) is 29.6 Å². The Labute approximate surface area is 119 Å². The Morgan fingerprint density at radius 1 is 1.55 bits per heavy atom. The molecule has 1 aliphatic heterocycles. The predicted molar refractivity (Wildman–Crippen MR) is 78.4 cm³/mol. The van der Waals surface area contributed by atoms with E-state index >= 15 is 0 Å². The fourth-order valence-corrected chi connectivity index (χ4v) is 2.81. The van der Waals surface area contributed by atoms with E-state index < -0.39 is 11.7 Å². The smallest absolute Gasteiger partial charge is 0.253 e. The summed E-state index contributed by atoms with van der Waals surface area (Å²) in [5.74, 6) is -0.735.